The number of rotatable bonds is 8. The molecule has 6 heteroatoms. The van der Waals surface area contributed by atoms with Crippen molar-refractivity contribution in [3.05, 3.63) is 24.5 Å². The Morgan fingerprint density at radius 1 is 1.33 bits per heavy atom. The number of hydrogen-bond donors (Lipinski definition) is 3. The van der Waals surface area contributed by atoms with Gasteiger partial charge in [0.05, 0.1) is 6.10 Å². The van der Waals surface area contributed by atoms with Crippen LogP contribution in [0, 0.1) is 5.92 Å². The Morgan fingerprint density at radius 2 is 2.04 bits per heavy atom. The number of anilines is 1. The molecule has 1 aliphatic rings. The highest BCUT2D eigenvalue weighted by Crippen LogP contribution is 2.24. The number of nitrogens with one attached hydrogen (secondary N) is 2. The summed E-state index contributed by atoms with van der Waals surface area (Å²) in [6.45, 7) is 5.15. The number of aliphatic hydroxyl groups is 1. The first kappa shape index (κ1) is 18.5. The maximum Gasteiger partial charge on any atom is 0.314 e. The molecule has 0 bridgehead atoms. The minimum Gasteiger partial charge on any atom is -0.391 e. The van der Waals surface area contributed by atoms with E-state index in [0.29, 0.717) is 19.0 Å². The van der Waals surface area contributed by atoms with Crippen molar-refractivity contribution in [1.29, 1.82) is 0 Å². The zero-order valence-corrected chi connectivity index (χ0v) is 14.6. The molecule has 1 aliphatic heterocycles. The fourth-order valence-corrected chi connectivity index (χ4v) is 3.13. The fourth-order valence-electron chi connectivity index (χ4n) is 3.13. The molecule has 0 radical (unpaired) electrons. The Labute approximate surface area is 144 Å². The van der Waals surface area contributed by atoms with Crippen molar-refractivity contribution in [2.45, 2.75) is 45.1 Å². The molecule has 3 N–H and O–H groups in total. The molecule has 6 nitrogen and oxygen atoms in total. The molecule has 1 unspecified atom stereocenters. The van der Waals surface area contributed by atoms with Gasteiger partial charge in [0.25, 0.3) is 0 Å². The third kappa shape index (κ3) is 6.35. The van der Waals surface area contributed by atoms with E-state index < -0.39 is 6.10 Å². The topological polar surface area (TPSA) is 77.5 Å². The summed E-state index contributed by atoms with van der Waals surface area (Å²) < 4.78 is 0. The number of hydrogen-bond acceptors (Lipinski definition) is 4. The monoisotopic (exact) mass is 334 g/mol. The smallest absolute Gasteiger partial charge is 0.314 e. The van der Waals surface area contributed by atoms with Crippen molar-refractivity contribution in [2.24, 2.45) is 5.92 Å². The SMILES string of the molecule is CCCC(O)CNC(=O)NCCC1CCN(c2ccncc2)CC1. The van der Waals surface area contributed by atoms with Crippen LogP contribution in [0.3, 0.4) is 0 Å². The van der Waals surface area contributed by atoms with E-state index in [4.69, 9.17) is 0 Å². The number of urea groups is 1. The van der Waals surface area contributed by atoms with Gasteiger partial charge in [0.2, 0.25) is 0 Å². The zero-order valence-electron chi connectivity index (χ0n) is 14.6. The minimum absolute atomic E-state index is 0.181. The lowest BCUT2D eigenvalue weighted by molar-refractivity contribution is 0.160. The van der Waals surface area contributed by atoms with Crippen LogP contribution in [-0.4, -0.2) is 48.4 Å². The number of carbonyl (C=O) groups excluding carboxylic acids is 1. The lowest BCUT2D eigenvalue weighted by Gasteiger charge is -2.33. The highest BCUT2D eigenvalue weighted by molar-refractivity contribution is 5.73. The van der Waals surface area contributed by atoms with Crippen molar-refractivity contribution in [3.8, 4) is 0 Å². The molecule has 2 amide bonds. The van der Waals surface area contributed by atoms with Gasteiger partial charge in [-0.25, -0.2) is 4.79 Å². The van der Waals surface area contributed by atoms with Crippen LogP contribution in [-0.2, 0) is 0 Å². The molecule has 24 heavy (non-hydrogen) atoms. The second-order valence-corrected chi connectivity index (χ2v) is 6.50. The normalized spacial score (nSPS) is 16.7. The van der Waals surface area contributed by atoms with E-state index in [9.17, 15) is 9.90 Å². The lowest BCUT2D eigenvalue weighted by Crippen LogP contribution is -2.41. The molecular weight excluding hydrogens is 304 g/mol. The number of nitrogens with zero attached hydrogens (tertiary/aromatic N) is 2. The Bertz CT molecular complexity index is 475. The van der Waals surface area contributed by atoms with Crippen LogP contribution in [0.1, 0.15) is 39.0 Å². The van der Waals surface area contributed by atoms with Gasteiger partial charge in [0.1, 0.15) is 0 Å². The third-order valence-electron chi connectivity index (χ3n) is 4.60. The number of aliphatic hydroxyl groups excluding tert-OH is 1. The van der Waals surface area contributed by atoms with Crippen LogP contribution in [0.2, 0.25) is 0 Å². The summed E-state index contributed by atoms with van der Waals surface area (Å²) in [5.74, 6) is 0.661. The van der Waals surface area contributed by atoms with E-state index in [-0.39, 0.29) is 6.03 Å². The fraction of sp³-hybridized carbons (Fsp3) is 0.667. The quantitative estimate of drug-likeness (QED) is 0.681. The van der Waals surface area contributed by atoms with Gasteiger partial charge in [0, 0.05) is 44.3 Å². The average molecular weight is 334 g/mol. The van der Waals surface area contributed by atoms with Gasteiger partial charge in [0.15, 0.2) is 0 Å². The first-order valence-corrected chi connectivity index (χ1v) is 9.03. The summed E-state index contributed by atoms with van der Waals surface area (Å²) in [6.07, 6.45) is 8.18. The number of piperidine rings is 1. The van der Waals surface area contributed by atoms with Crippen LogP contribution in [0.15, 0.2) is 24.5 Å². The van der Waals surface area contributed by atoms with E-state index >= 15 is 0 Å². The summed E-state index contributed by atoms with van der Waals surface area (Å²) >= 11 is 0. The second-order valence-electron chi connectivity index (χ2n) is 6.50. The molecule has 1 aromatic heterocycles. The maximum absolute atomic E-state index is 11.7. The Morgan fingerprint density at radius 3 is 2.71 bits per heavy atom. The first-order valence-electron chi connectivity index (χ1n) is 9.03. The molecule has 0 aliphatic carbocycles. The van der Waals surface area contributed by atoms with Gasteiger partial charge >= 0.3 is 6.03 Å². The van der Waals surface area contributed by atoms with Crippen LogP contribution in [0.25, 0.3) is 0 Å². The van der Waals surface area contributed by atoms with Gasteiger partial charge in [-0.3, -0.25) is 4.98 Å². The van der Waals surface area contributed by atoms with Crippen molar-refractivity contribution in [3.63, 3.8) is 0 Å². The van der Waals surface area contributed by atoms with Gasteiger partial charge in [-0.2, -0.15) is 0 Å². The average Bonchev–Trinajstić information content (AvgIpc) is 2.62. The molecule has 2 rings (SSSR count). The van der Waals surface area contributed by atoms with Gasteiger partial charge in [-0.15, -0.1) is 0 Å². The maximum atomic E-state index is 11.7. The number of carbonyl (C=O) groups is 1. The van der Waals surface area contributed by atoms with Crippen LogP contribution in [0.4, 0.5) is 10.5 Å². The van der Waals surface area contributed by atoms with E-state index in [1.165, 1.54) is 5.69 Å². The molecule has 1 aromatic rings. The molecule has 134 valence electrons. The summed E-state index contributed by atoms with van der Waals surface area (Å²) in [4.78, 5) is 18.1. The highest BCUT2D eigenvalue weighted by Gasteiger charge is 2.19. The molecule has 0 saturated carbocycles. The van der Waals surface area contributed by atoms with Crippen LogP contribution in [0.5, 0.6) is 0 Å². The molecular formula is C18H30N4O2. The Hall–Kier alpha value is -1.82. The van der Waals surface area contributed by atoms with E-state index in [1.807, 2.05) is 19.3 Å². The van der Waals surface area contributed by atoms with E-state index in [2.05, 4.69) is 32.7 Å². The molecule has 0 spiro atoms. The minimum atomic E-state index is -0.446. The summed E-state index contributed by atoms with van der Waals surface area (Å²) in [5.41, 5.74) is 1.24. The van der Waals surface area contributed by atoms with Crippen molar-refractivity contribution >= 4 is 11.7 Å². The number of aromatic nitrogens is 1. The third-order valence-corrected chi connectivity index (χ3v) is 4.60. The Balaban J connectivity index is 1.57. The van der Waals surface area contributed by atoms with Crippen molar-refractivity contribution in [1.82, 2.24) is 15.6 Å². The molecule has 1 atom stereocenters. The largest absolute Gasteiger partial charge is 0.391 e. The predicted octanol–water partition coefficient (Wildman–Crippen LogP) is 2.15. The number of pyridine rings is 1. The zero-order chi connectivity index (χ0) is 17.2. The van der Waals surface area contributed by atoms with E-state index in [1.54, 1.807) is 0 Å². The van der Waals surface area contributed by atoms with E-state index in [0.717, 1.165) is 45.2 Å². The molecule has 0 aromatic carbocycles. The van der Waals surface area contributed by atoms with Crippen molar-refractivity contribution < 1.29 is 9.90 Å². The van der Waals surface area contributed by atoms with Gasteiger partial charge in [-0.05, 0) is 43.7 Å². The highest BCUT2D eigenvalue weighted by atomic mass is 16.3. The number of amides is 2. The first-order chi connectivity index (χ1) is 11.7. The van der Waals surface area contributed by atoms with Gasteiger partial charge in [-0.1, -0.05) is 13.3 Å². The van der Waals surface area contributed by atoms with Crippen LogP contribution >= 0.6 is 0 Å². The molecule has 2 heterocycles. The second kappa shape index (κ2) is 10.1. The standard InChI is InChI=1S/C18H30N4O2/c1-2-3-17(23)14-21-18(24)20-11-4-15-7-12-22(13-8-15)16-5-9-19-10-6-16/h5-6,9-10,15,17,23H,2-4,7-8,11-14H2,1H3,(H2,20,21,24). The van der Waals surface area contributed by atoms with Crippen molar-refractivity contribution in [2.75, 3.05) is 31.1 Å². The Kier molecular flexibility index (Phi) is 7.82. The summed E-state index contributed by atoms with van der Waals surface area (Å²) in [7, 11) is 0. The molecule has 1 saturated heterocycles. The summed E-state index contributed by atoms with van der Waals surface area (Å²) in [6, 6.07) is 3.93. The summed E-state index contributed by atoms with van der Waals surface area (Å²) in [5, 5.41) is 15.2. The lowest BCUT2D eigenvalue weighted by atomic mass is 9.93. The molecule has 1 fully saturated rings. The van der Waals surface area contributed by atoms with Gasteiger partial charge < -0.3 is 20.6 Å². The predicted molar refractivity (Wildman–Crippen MR) is 96.1 cm³/mol. The van der Waals surface area contributed by atoms with Crippen LogP contribution < -0.4 is 15.5 Å².